The van der Waals surface area contributed by atoms with Crippen LogP contribution in [-0.2, 0) is 16.1 Å². The molecule has 1 aliphatic carbocycles. The van der Waals surface area contributed by atoms with Gasteiger partial charge in [0.1, 0.15) is 12.6 Å². The van der Waals surface area contributed by atoms with Crippen molar-refractivity contribution in [3.8, 4) is 22.9 Å². The first kappa shape index (κ1) is 26.1. The van der Waals surface area contributed by atoms with E-state index in [9.17, 15) is 9.59 Å². The minimum absolute atomic E-state index is 0.137. The third kappa shape index (κ3) is 6.07. The van der Waals surface area contributed by atoms with E-state index >= 15 is 0 Å². The lowest BCUT2D eigenvalue weighted by molar-refractivity contribution is -0.127. The van der Waals surface area contributed by atoms with Crippen LogP contribution in [0.4, 0.5) is 5.69 Å². The number of ether oxygens (including phenoxy) is 2. The van der Waals surface area contributed by atoms with Gasteiger partial charge in [0.2, 0.25) is 11.7 Å². The number of nitrogens with one attached hydrogen (secondary N) is 1. The average molecular weight is 507 g/mol. The summed E-state index contributed by atoms with van der Waals surface area (Å²) in [5, 5.41) is 15.7. The number of aromatic nitrogens is 4. The van der Waals surface area contributed by atoms with Crippen molar-refractivity contribution in [3.05, 3.63) is 48.0 Å². The standard InChI is InChI=1S/C27H34N6O4/c1-5-22(27(35)28-20-8-6-7-9-20)33(21-14-15-23(36-3)24(16-21)37-4)25(34)17-32-30-26(29-31-32)19-12-10-18(2)11-13-19/h10-16,20,22H,5-9,17H2,1-4H3,(H,28,35)/t22-/m0/s1. The number of hydrogen-bond acceptors (Lipinski definition) is 7. The van der Waals surface area contributed by atoms with Crippen LogP contribution in [0.25, 0.3) is 11.4 Å². The van der Waals surface area contributed by atoms with Crippen LogP contribution in [0.3, 0.4) is 0 Å². The van der Waals surface area contributed by atoms with E-state index in [0.29, 0.717) is 29.4 Å². The Kier molecular flexibility index (Phi) is 8.37. The Morgan fingerprint density at radius 1 is 1.08 bits per heavy atom. The second-order valence-electron chi connectivity index (χ2n) is 9.23. The molecule has 0 spiro atoms. The van der Waals surface area contributed by atoms with Gasteiger partial charge in [-0.15, -0.1) is 10.2 Å². The van der Waals surface area contributed by atoms with E-state index in [4.69, 9.17) is 9.47 Å². The number of carbonyl (C=O) groups is 2. The van der Waals surface area contributed by atoms with Crippen LogP contribution in [0.1, 0.15) is 44.6 Å². The van der Waals surface area contributed by atoms with Crippen LogP contribution < -0.4 is 19.7 Å². The van der Waals surface area contributed by atoms with E-state index in [2.05, 4.69) is 20.7 Å². The predicted octanol–water partition coefficient (Wildman–Crippen LogP) is 3.54. The number of benzene rings is 2. The predicted molar refractivity (Wildman–Crippen MR) is 139 cm³/mol. The van der Waals surface area contributed by atoms with Gasteiger partial charge in [-0.3, -0.25) is 14.5 Å². The average Bonchev–Trinajstić information content (AvgIpc) is 3.59. The summed E-state index contributed by atoms with van der Waals surface area (Å²) in [7, 11) is 3.08. The summed E-state index contributed by atoms with van der Waals surface area (Å²) in [6.45, 7) is 3.71. The smallest absolute Gasteiger partial charge is 0.251 e. The lowest BCUT2D eigenvalue weighted by atomic mass is 10.1. The zero-order chi connectivity index (χ0) is 26.4. The molecule has 10 nitrogen and oxygen atoms in total. The molecule has 1 atom stereocenters. The fraction of sp³-hybridized carbons (Fsp3) is 0.444. The maximum atomic E-state index is 13.7. The number of aryl methyl sites for hydroxylation is 1. The van der Waals surface area contributed by atoms with Crippen molar-refractivity contribution in [2.45, 2.75) is 64.6 Å². The largest absolute Gasteiger partial charge is 0.493 e. The molecule has 1 aliphatic rings. The lowest BCUT2D eigenvalue weighted by Crippen LogP contribution is -2.52. The zero-order valence-corrected chi connectivity index (χ0v) is 21.8. The Bertz CT molecular complexity index is 1220. The van der Waals surface area contributed by atoms with Crippen molar-refractivity contribution in [1.29, 1.82) is 0 Å². The van der Waals surface area contributed by atoms with Gasteiger partial charge in [0, 0.05) is 23.4 Å². The molecule has 0 saturated heterocycles. The highest BCUT2D eigenvalue weighted by Crippen LogP contribution is 2.33. The molecule has 2 amide bonds. The molecule has 37 heavy (non-hydrogen) atoms. The van der Waals surface area contributed by atoms with E-state index in [1.165, 1.54) is 16.8 Å². The molecule has 3 aromatic rings. The summed E-state index contributed by atoms with van der Waals surface area (Å²) in [6, 6.07) is 12.3. The summed E-state index contributed by atoms with van der Waals surface area (Å²) < 4.78 is 10.8. The zero-order valence-electron chi connectivity index (χ0n) is 21.8. The summed E-state index contributed by atoms with van der Waals surface area (Å²) in [6.07, 6.45) is 4.54. The fourth-order valence-corrected chi connectivity index (χ4v) is 4.65. The normalized spacial score (nSPS) is 14.3. The number of methoxy groups -OCH3 is 2. The van der Waals surface area contributed by atoms with Crippen molar-refractivity contribution >= 4 is 17.5 Å². The second kappa shape index (κ2) is 11.9. The molecule has 1 fully saturated rings. The molecular weight excluding hydrogens is 472 g/mol. The molecule has 2 aromatic carbocycles. The summed E-state index contributed by atoms with van der Waals surface area (Å²) in [4.78, 5) is 29.9. The summed E-state index contributed by atoms with van der Waals surface area (Å²) in [5.74, 6) is 0.904. The molecule has 1 N–H and O–H groups in total. The van der Waals surface area contributed by atoms with Gasteiger partial charge in [-0.25, -0.2) is 0 Å². The number of anilines is 1. The minimum atomic E-state index is -0.716. The molecule has 10 heteroatoms. The summed E-state index contributed by atoms with van der Waals surface area (Å²) in [5.41, 5.74) is 2.46. The highest BCUT2D eigenvalue weighted by atomic mass is 16.5. The number of carbonyl (C=O) groups excluding carboxylic acids is 2. The maximum absolute atomic E-state index is 13.7. The summed E-state index contributed by atoms with van der Waals surface area (Å²) >= 11 is 0. The van der Waals surface area contributed by atoms with Gasteiger partial charge in [0.25, 0.3) is 5.91 Å². The van der Waals surface area contributed by atoms with Crippen molar-refractivity contribution in [2.24, 2.45) is 0 Å². The van der Waals surface area contributed by atoms with Crippen molar-refractivity contribution in [3.63, 3.8) is 0 Å². The topological polar surface area (TPSA) is 111 Å². The Morgan fingerprint density at radius 3 is 2.43 bits per heavy atom. The highest BCUT2D eigenvalue weighted by Gasteiger charge is 2.32. The SMILES string of the molecule is CC[C@@H](C(=O)NC1CCCC1)N(C(=O)Cn1nnc(-c2ccc(C)cc2)n1)c1ccc(OC)c(OC)c1. The number of hydrogen-bond donors (Lipinski definition) is 1. The fourth-order valence-electron chi connectivity index (χ4n) is 4.65. The van der Waals surface area contributed by atoms with Crippen LogP contribution in [0.5, 0.6) is 11.5 Å². The van der Waals surface area contributed by atoms with Crippen molar-refractivity contribution < 1.29 is 19.1 Å². The van der Waals surface area contributed by atoms with Crippen LogP contribution in [0, 0.1) is 6.92 Å². The molecule has 4 rings (SSSR count). The van der Waals surface area contributed by atoms with E-state index in [-0.39, 0.29) is 24.4 Å². The molecule has 196 valence electrons. The monoisotopic (exact) mass is 506 g/mol. The molecule has 1 aromatic heterocycles. The molecule has 0 bridgehead atoms. The van der Waals surface area contributed by atoms with Gasteiger partial charge in [0.05, 0.1) is 14.2 Å². The van der Waals surface area contributed by atoms with Gasteiger partial charge in [-0.1, -0.05) is 49.6 Å². The van der Waals surface area contributed by atoms with Crippen molar-refractivity contribution in [1.82, 2.24) is 25.5 Å². The first-order valence-corrected chi connectivity index (χ1v) is 12.6. The highest BCUT2D eigenvalue weighted by molar-refractivity contribution is 6.01. The number of tetrazole rings is 1. The maximum Gasteiger partial charge on any atom is 0.251 e. The van der Waals surface area contributed by atoms with Gasteiger partial charge in [-0.05, 0) is 43.5 Å². The number of rotatable bonds is 10. The quantitative estimate of drug-likeness (QED) is 0.448. The van der Waals surface area contributed by atoms with Crippen molar-refractivity contribution in [2.75, 3.05) is 19.1 Å². The molecule has 0 unspecified atom stereocenters. The lowest BCUT2D eigenvalue weighted by Gasteiger charge is -2.31. The molecular formula is C27H34N6O4. The minimum Gasteiger partial charge on any atom is -0.493 e. The van der Waals surface area contributed by atoms with Gasteiger partial charge in [0.15, 0.2) is 11.5 Å². The molecule has 1 saturated carbocycles. The third-order valence-corrected chi connectivity index (χ3v) is 6.66. The van der Waals surface area contributed by atoms with E-state index in [0.717, 1.165) is 36.8 Å². The third-order valence-electron chi connectivity index (χ3n) is 6.66. The van der Waals surface area contributed by atoms with E-state index in [1.807, 2.05) is 38.1 Å². The van der Waals surface area contributed by atoms with E-state index in [1.54, 1.807) is 25.3 Å². The Morgan fingerprint density at radius 2 is 1.78 bits per heavy atom. The molecule has 0 radical (unpaired) electrons. The van der Waals surface area contributed by atoms with Gasteiger partial charge in [-0.2, -0.15) is 4.80 Å². The second-order valence-corrected chi connectivity index (χ2v) is 9.23. The van der Waals surface area contributed by atoms with E-state index < -0.39 is 6.04 Å². The molecule has 1 heterocycles. The number of amides is 2. The Balaban J connectivity index is 1.62. The first-order chi connectivity index (χ1) is 17.9. The van der Waals surface area contributed by atoms with Gasteiger partial charge < -0.3 is 14.8 Å². The van der Waals surface area contributed by atoms with Crippen LogP contribution in [0.15, 0.2) is 42.5 Å². The molecule has 0 aliphatic heterocycles. The number of nitrogens with zero attached hydrogens (tertiary/aromatic N) is 5. The van der Waals surface area contributed by atoms with Crippen LogP contribution in [0.2, 0.25) is 0 Å². The van der Waals surface area contributed by atoms with Crippen LogP contribution >= 0.6 is 0 Å². The Hall–Kier alpha value is -3.95. The first-order valence-electron chi connectivity index (χ1n) is 12.6. The van der Waals surface area contributed by atoms with Gasteiger partial charge >= 0.3 is 0 Å². The van der Waals surface area contributed by atoms with Crippen LogP contribution in [-0.4, -0.2) is 58.3 Å². The Labute approximate surface area is 216 Å².